The highest BCUT2D eigenvalue weighted by Gasteiger charge is 2.35. The van der Waals surface area contributed by atoms with Crippen LogP contribution in [0.25, 0.3) is 28.5 Å². The van der Waals surface area contributed by atoms with E-state index in [0.29, 0.717) is 0 Å². The number of carbonyl (C=O) groups excluding carboxylic acids is 2. The standard InChI is InChI=1S/C18H10O9/c19-8-3-1-6(5-10(8)21)11-14(23)16(27-17(11)24)12-7-2-4-9(20)13(22)15(7)26-18(12)25/h1-5,19,21,23-25H. The summed E-state index contributed by atoms with van der Waals surface area (Å²) >= 11 is 0. The maximum Gasteiger partial charge on any atom is 0.294 e. The van der Waals surface area contributed by atoms with E-state index in [2.05, 4.69) is 0 Å². The Morgan fingerprint density at radius 1 is 0.741 bits per heavy atom. The molecule has 0 atom stereocenters. The van der Waals surface area contributed by atoms with E-state index in [1.807, 2.05) is 0 Å². The molecule has 0 amide bonds. The van der Waals surface area contributed by atoms with Crippen molar-refractivity contribution >= 4 is 17.6 Å². The average molecular weight is 370 g/mol. The summed E-state index contributed by atoms with van der Waals surface area (Å²) in [5.74, 6) is -5.71. The number of fused-ring (bicyclic) bond motifs is 1. The van der Waals surface area contributed by atoms with Gasteiger partial charge in [0, 0.05) is 5.56 Å². The molecule has 0 saturated heterocycles. The second kappa shape index (κ2) is 5.43. The van der Waals surface area contributed by atoms with Crippen LogP contribution in [-0.4, -0.2) is 37.1 Å². The summed E-state index contributed by atoms with van der Waals surface area (Å²) in [6.45, 7) is 0. The minimum absolute atomic E-state index is 0.00116. The van der Waals surface area contributed by atoms with Crippen molar-refractivity contribution < 1.29 is 44.0 Å². The summed E-state index contributed by atoms with van der Waals surface area (Å²) in [5.41, 5.74) is -0.351. The van der Waals surface area contributed by atoms with Crippen LogP contribution in [0.1, 0.15) is 16.1 Å². The maximum atomic E-state index is 11.9. The molecule has 1 aliphatic rings. The van der Waals surface area contributed by atoms with Crippen LogP contribution in [0.2, 0.25) is 0 Å². The SMILES string of the molecule is O=C1C=Cc2c(oc(O)c2-c2oc(O)c(-c3ccc(O)c(O)c3)c2O)C1=O. The Bertz CT molecular complexity index is 1160. The molecule has 0 spiro atoms. The molecule has 0 aliphatic heterocycles. The van der Waals surface area contributed by atoms with Crippen LogP contribution in [0, 0.1) is 0 Å². The normalized spacial score (nSPS) is 13.2. The van der Waals surface area contributed by atoms with Gasteiger partial charge in [0.25, 0.3) is 17.7 Å². The molecule has 0 saturated carbocycles. The number of allylic oxidation sites excluding steroid dienone is 1. The Morgan fingerprint density at radius 2 is 1.41 bits per heavy atom. The summed E-state index contributed by atoms with van der Waals surface area (Å²) < 4.78 is 10.1. The van der Waals surface area contributed by atoms with Crippen LogP contribution < -0.4 is 0 Å². The van der Waals surface area contributed by atoms with Crippen LogP contribution in [0.5, 0.6) is 29.1 Å². The lowest BCUT2D eigenvalue weighted by atomic mass is 9.98. The second-order valence-electron chi connectivity index (χ2n) is 5.72. The van der Waals surface area contributed by atoms with E-state index >= 15 is 0 Å². The van der Waals surface area contributed by atoms with Gasteiger partial charge >= 0.3 is 0 Å². The number of aromatic hydroxyl groups is 5. The van der Waals surface area contributed by atoms with Crippen molar-refractivity contribution in [3.63, 3.8) is 0 Å². The molecule has 5 N–H and O–H groups in total. The first-order chi connectivity index (χ1) is 12.8. The molecule has 2 aromatic heterocycles. The molecule has 0 bridgehead atoms. The maximum absolute atomic E-state index is 11.9. The van der Waals surface area contributed by atoms with Gasteiger partial charge in [0.1, 0.15) is 11.1 Å². The van der Waals surface area contributed by atoms with Crippen LogP contribution in [0.4, 0.5) is 0 Å². The van der Waals surface area contributed by atoms with Gasteiger partial charge in [-0.15, -0.1) is 0 Å². The molecule has 27 heavy (non-hydrogen) atoms. The van der Waals surface area contributed by atoms with Crippen LogP contribution in [0.3, 0.4) is 0 Å². The highest BCUT2D eigenvalue weighted by Crippen LogP contribution is 2.52. The van der Waals surface area contributed by atoms with Crippen LogP contribution in [-0.2, 0) is 4.79 Å². The first-order valence-electron chi connectivity index (χ1n) is 7.49. The minimum atomic E-state index is -0.979. The van der Waals surface area contributed by atoms with E-state index in [1.165, 1.54) is 12.1 Å². The second-order valence-corrected chi connectivity index (χ2v) is 5.72. The molecule has 9 heteroatoms. The largest absolute Gasteiger partial charge is 0.504 e. The van der Waals surface area contributed by atoms with Gasteiger partial charge < -0.3 is 34.4 Å². The summed E-state index contributed by atoms with van der Waals surface area (Å²) in [6.07, 6.45) is 2.19. The predicted octanol–water partition coefficient (Wildman–Crippen LogP) is 2.51. The number of benzene rings is 1. The Labute approximate surface area is 149 Å². The summed E-state index contributed by atoms with van der Waals surface area (Å²) in [5, 5.41) is 49.7. The zero-order chi connectivity index (χ0) is 19.5. The number of phenolic OH excluding ortho intramolecular Hbond substituents is 2. The lowest BCUT2D eigenvalue weighted by molar-refractivity contribution is -0.111. The first-order valence-corrected chi connectivity index (χ1v) is 7.49. The monoisotopic (exact) mass is 370 g/mol. The van der Waals surface area contributed by atoms with Gasteiger partial charge in [-0.1, -0.05) is 6.07 Å². The number of hydrogen-bond donors (Lipinski definition) is 5. The fraction of sp³-hybridized carbons (Fsp3) is 0. The molecule has 0 fully saturated rings. The van der Waals surface area contributed by atoms with Gasteiger partial charge in [-0.05, 0) is 29.8 Å². The predicted molar refractivity (Wildman–Crippen MR) is 88.5 cm³/mol. The molecule has 1 aromatic carbocycles. The van der Waals surface area contributed by atoms with Gasteiger partial charge in [-0.25, -0.2) is 0 Å². The number of Topliss-reactive ketones (excluding diaryl/α,β-unsaturated/α-hetero) is 1. The fourth-order valence-electron chi connectivity index (χ4n) is 2.84. The number of carbonyl (C=O) groups is 2. The lowest BCUT2D eigenvalue weighted by Gasteiger charge is -2.03. The Kier molecular flexibility index (Phi) is 3.28. The highest BCUT2D eigenvalue weighted by atomic mass is 16.5. The zero-order valence-corrected chi connectivity index (χ0v) is 13.3. The third-order valence-electron chi connectivity index (χ3n) is 4.11. The third-order valence-corrected chi connectivity index (χ3v) is 4.11. The number of furan rings is 2. The van der Waals surface area contributed by atoms with Gasteiger partial charge in [-0.3, -0.25) is 9.59 Å². The van der Waals surface area contributed by atoms with Crippen molar-refractivity contribution in [3.8, 4) is 51.6 Å². The van der Waals surface area contributed by atoms with Gasteiger partial charge in [0.15, 0.2) is 28.8 Å². The van der Waals surface area contributed by atoms with E-state index in [1.54, 1.807) is 0 Å². The van der Waals surface area contributed by atoms with Crippen LogP contribution >= 0.6 is 0 Å². The molecular formula is C18H10O9. The zero-order valence-electron chi connectivity index (χ0n) is 13.3. The van der Waals surface area contributed by atoms with Gasteiger partial charge in [0.05, 0.1) is 0 Å². The Morgan fingerprint density at radius 3 is 2.11 bits per heavy atom. The van der Waals surface area contributed by atoms with Gasteiger partial charge in [0.2, 0.25) is 5.78 Å². The third kappa shape index (κ3) is 2.25. The van der Waals surface area contributed by atoms with E-state index < -0.39 is 52.2 Å². The van der Waals surface area contributed by atoms with Crippen molar-refractivity contribution in [2.45, 2.75) is 0 Å². The number of rotatable bonds is 2. The Hall–Kier alpha value is -4.14. The van der Waals surface area contributed by atoms with Crippen molar-refractivity contribution in [1.82, 2.24) is 0 Å². The molecule has 3 aromatic rings. The number of phenols is 2. The molecule has 136 valence electrons. The quantitative estimate of drug-likeness (QED) is 0.337. The summed E-state index contributed by atoms with van der Waals surface area (Å²) in [4.78, 5) is 23.3. The van der Waals surface area contributed by atoms with Crippen LogP contribution in [0.15, 0.2) is 33.1 Å². The number of hydrogen-bond acceptors (Lipinski definition) is 9. The highest BCUT2D eigenvalue weighted by molar-refractivity contribution is 6.49. The van der Waals surface area contributed by atoms with Gasteiger partial charge in [-0.2, -0.15) is 0 Å². The summed E-state index contributed by atoms with van der Waals surface area (Å²) in [6, 6.07) is 3.52. The van der Waals surface area contributed by atoms with E-state index in [4.69, 9.17) is 8.83 Å². The molecule has 1 aliphatic carbocycles. The number of ketones is 2. The van der Waals surface area contributed by atoms with Crippen molar-refractivity contribution in [1.29, 1.82) is 0 Å². The molecular weight excluding hydrogens is 360 g/mol. The topological polar surface area (TPSA) is 162 Å². The van der Waals surface area contributed by atoms with Crippen molar-refractivity contribution in [3.05, 3.63) is 35.6 Å². The first kappa shape index (κ1) is 16.3. The van der Waals surface area contributed by atoms with Crippen molar-refractivity contribution in [2.24, 2.45) is 0 Å². The minimum Gasteiger partial charge on any atom is -0.504 e. The summed E-state index contributed by atoms with van der Waals surface area (Å²) in [7, 11) is 0. The lowest BCUT2D eigenvalue weighted by Crippen LogP contribution is -2.14. The average Bonchev–Trinajstić information content (AvgIpc) is 3.10. The smallest absolute Gasteiger partial charge is 0.294 e. The van der Waals surface area contributed by atoms with E-state index in [9.17, 15) is 35.1 Å². The molecule has 9 nitrogen and oxygen atoms in total. The fourth-order valence-corrected chi connectivity index (χ4v) is 2.84. The molecule has 0 radical (unpaired) electrons. The van der Waals surface area contributed by atoms with Crippen molar-refractivity contribution in [2.75, 3.05) is 0 Å². The Balaban J connectivity index is 1.93. The molecule has 4 rings (SSSR count). The molecule has 2 heterocycles. The molecule has 0 unspecified atom stereocenters. The van der Waals surface area contributed by atoms with E-state index in [-0.39, 0.29) is 22.3 Å². The van der Waals surface area contributed by atoms with E-state index in [0.717, 1.165) is 18.2 Å².